The Labute approximate surface area is 109 Å². The molecule has 0 spiro atoms. The number of hydrogen-bond acceptors (Lipinski definition) is 3. The van der Waals surface area contributed by atoms with E-state index < -0.39 is 0 Å². The van der Waals surface area contributed by atoms with Gasteiger partial charge in [0.1, 0.15) is 12.4 Å². The van der Waals surface area contributed by atoms with Gasteiger partial charge in [-0.25, -0.2) is 0 Å². The van der Waals surface area contributed by atoms with Crippen LogP contribution in [0.2, 0.25) is 0 Å². The Hall–Kier alpha value is -2.07. The number of rotatable bonds is 4. The second-order valence-electron chi connectivity index (χ2n) is 3.88. The predicted molar refractivity (Wildman–Crippen MR) is 72.7 cm³/mol. The Morgan fingerprint density at radius 3 is 2.67 bits per heavy atom. The van der Waals surface area contributed by atoms with Crippen molar-refractivity contribution < 1.29 is 4.74 Å². The molecule has 0 atom stereocenters. The molecule has 3 rings (SSSR count). The number of H-pyrrole nitrogens is 1. The topological polar surface area (TPSA) is 37.9 Å². The van der Waals surface area contributed by atoms with Gasteiger partial charge in [0.2, 0.25) is 0 Å². The zero-order valence-electron chi connectivity index (χ0n) is 9.67. The molecule has 0 radical (unpaired) electrons. The van der Waals surface area contributed by atoms with Crippen molar-refractivity contribution in [1.82, 2.24) is 10.2 Å². The second kappa shape index (κ2) is 5.06. The van der Waals surface area contributed by atoms with E-state index in [-0.39, 0.29) is 0 Å². The molecule has 0 aliphatic rings. The summed E-state index contributed by atoms with van der Waals surface area (Å²) in [5, 5.41) is 8.80. The summed E-state index contributed by atoms with van der Waals surface area (Å²) in [6, 6.07) is 12.1. The van der Waals surface area contributed by atoms with Crippen LogP contribution in [0, 0.1) is 0 Å². The average molecular weight is 256 g/mol. The molecule has 3 nitrogen and oxygen atoms in total. The van der Waals surface area contributed by atoms with E-state index in [2.05, 4.69) is 21.6 Å². The van der Waals surface area contributed by atoms with Gasteiger partial charge in [-0.05, 0) is 29.1 Å². The summed E-state index contributed by atoms with van der Waals surface area (Å²) in [5.74, 6) is 0.885. The third-order valence-corrected chi connectivity index (χ3v) is 3.50. The van der Waals surface area contributed by atoms with Crippen molar-refractivity contribution in [1.29, 1.82) is 0 Å². The highest BCUT2D eigenvalue weighted by molar-refractivity contribution is 7.09. The van der Waals surface area contributed by atoms with Crippen molar-refractivity contribution in [2.24, 2.45) is 0 Å². The fourth-order valence-corrected chi connectivity index (χ4v) is 2.32. The van der Waals surface area contributed by atoms with Crippen molar-refractivity contribution in [2.75, 3.05) is 0 Å². The number of ether oxygens (including phenoxy) is 1. The molecule has 0 aliphatic heterocycles. The minimum Gasteiger partial charge on any atom is -0.488 e. The zero-order chi connectivity index (χ0) is 12.2. The first-order chi connectivity index (χ1) is 8.92. The van der Waals surface area contributed by atoms with E-state index in [4.69, 9.17) is 4.74 Å². The summed E-state index contributed by atoms with van der Waals surface area (Å²) in [5.41, 5.74) is 2.21. The molecule has 0 saturated carbocycles. The summed E-state index contributed by atoms with van der Waals surface area (Å²) < 4.78 is 5.71. The van der Waals surface area contributed by atoms with Gasteiger partial charge in [-0.3, -0.25) is 5.10 Å². The van der Waals surface area contributed by atoms with Crippen LogP contribution in [0.15, 0.2) is 54.2 Å². The van der Waals surface area contributed by atoms with Gasteiger partial charge in [-0.1, -0.05) is 18.2 Å². The van der Waals surface area contributed by atoms with Gasteiger partial charge in [0.05, 0.1) is 6.20 Å². The summed E-state index contributed by atoms with van der Waals surface area (Å²) in [6.45, 7) is 0.628. The van der Waals surface area contributed by atoms with E-state index in [0.29, 0.717) is 6.61 Å². The van der Waals surface area contributed by atoms with Gasteiger partial charge in [-0.2, -0.15) is 5.10 Å². The van der Waals surface area contributed by atoms with Crippen LogP contribution in [-0.2, 0) is 6.61 Å². The number of aromatic amines is 1. The Morgan fingerprint density at radius 1 is 1.11 bits per heavy atom. The standard InChI is InChI=1S/C14H12N2OS/c1-2-14(18-7-1)10-17-13-5-3-11(4-6-13)12-8-15-16-9-12/h1-9H,10H2,(H,15,16). The number of thiophene rings is 1. The third-order valence-electron chi connectivity index (χ3n) is 2.65. The zero-order valence-corrected chi connectivity index (χ0v) is 10.5. The predicted octanol–water partition coefficient (Wildman–Crippen LogP) is 3.72. The molecular weight excluding hydrogens is 244 g/mol. The van der Waals surface area contributed by atoms with Crippen molar-refractivity contribution in [3.05, 3.63) is 59.0 Å². The van der Waals surface area contributed by atoms with Crippen LogP contribution in [-0.4, -0.2) is 10.2 Å². The normalized spacial score (nSPS) is 10.4. The number of nitrogens with one attached hydrogen (secondary N) is 1. The van der Waals surface area contributed by atoms with Crippen molar-refractivity contribution in [3.63, 3.8) is 0 Å². The molecule has 90 valence electrons. The average Bonchev–Trinajstić information content (AvgIpc) is 3.10. The van der Waals surface area contributed by atoms with E-state index in [0.717, 1.165) is 16.9 Å². The van der Waals surface area contributed by atoms with Crippen LogP contribution < -0.4 is 4.74 Å². The molecule has 0 fully saturated rings. The lowest BCUT2D eigenvalue weighted by Gasteiger charge is -2.05. The van der Waals surface area contributed by atoms with Crippen molar-refractivity contribution in [3.8, 4) is 16.9 Å². The minimum absolute atomic E-state index is 0.628. The highest BCUT2D eigenvalue weighted by Gasteiger charge is 2.00. The van der Waals surface area contributed by atoms with Crippen LogP contribution >= 0.6 is 11.3 Å². The molecule has 2 heterocycles. The van der Waals surface area contributed by atoms with Gasteiger partial charge < -0.3 is 4.74 Å². The summed E-state index contributed by atoms with van der Waals surface area (Å²) >= 11 is 1.71. The fraction of sp³-hybridized carbons (Fsp3) is 0.0714. The Kier molecular flexibility index (Phi) is 3.10. The first-order valence-corrected chi connectivity index (χ1v) is 6.54. The molecular formula is C14H12N2OS. The Bertz CT molecular complexity index is 585. The molecule has 1 aromatic carbocycles. The Balaban J connectivity index is 1.68. The van der Waals surface area contributed by atoms with Crippen molar-refractivity contribution in [2.45, 2.75) is 6.61 Å². The summed E-state index contributed by atoms with van der Waals surface area (Å²) in [7, 11) is 0. The smallest absolute Gasteiger partial charge is 0.122 e. The van der Waals surface area contributed by atoms with E-state index in [1.165, 1.54) is 4.88 Å². The Morgan fingerprint density at radius 2 is 2.00 bits per heavy atom. The van der Waals surface area contributed by atoms with Crippen molar-refractivity contribution >= 4 is 11.3 Å². The number of hydrogen-bond donors (Lipinski definition) is 1. The highest BCUT2D eigenvalue weighted by Crippen LogP contribution is 2.22. The van der Waals surface area contributed by atoms with Gasteiger partial charge >= 0.3 is 0 Å². The van der Waals surface area contributed by atoms with E-state index in [9.17, 15) is 0 Å². The molecule has 18 heavy (non-hydrogen) atoms. The van der Waals surface area contributed by atoms with Gasteiger partial charge in [0, 0.05) is 16.6 Å². The lowest BCUT2D eigenvalue weighted by Crippen LogP contribution is -1.92. The van der Waals surface area contributed by atoms with Crippen LogP contribution in [0.1, 0.15) is 4.88 Å². The van der Waals surface area contributed by atoms with Gasteiger partial charge in [0.15, 0.2) is 0 Å². The van der Waals surface area contributed by atoms with Crippen LogP contribution in [0.4, 0.5) is 0 Å². The molecule has 0 bridgehead atoms. The van der Waals surface area contributed by atoms with Crippen LogP contribution in [0.5, 0.6) is 5.75 Å². The molecule has 0 aliphatic carbocycles. The highest BCUT2D eigenvalue weighted by atomic mass is 32.1. The maximum Gasteiger partial charge on any atom is 0.122 e. The van der Waals surface area contributed by atoms with E-state index >= 15 is 0 Å². The maximum absolute atomic E-state index is 5.71. The second-order valence-corrected chi connectivity index (χ2v) is 4.91. The maximum atomic E-state index is 5.71. The first-order valence-electron chi connectivity index (χ1n) is 5.66. The number of benzene rings is 1. The lowest BCUT2D eigenvalue weighted by molar-refractivity contribution is 0.310. The van der Waals surface area contributed by atoms with E-state index in [1.807, 2.05) is 42.7 Å². The minimum atomic E-state index is 0.628. The first kappa shape index (κ1) is 11.0. The molecule has 4 heteroatoms. The lowest BCUT2D eigenvalue weighted by atomic mass is 10.1. The molecule has 0 saturated heterocycles. The summed E-state index contributed by atoms with van der Waals surface area (Å²) in [4.78, 5) is 1.23. The van der Waals surface area contributed by atoms with Crippen LogP contribution in [0.25, 0.3) is 11.1 Å². The van der Waals surface area contributed by atoms with Crippen LogP contribution in [0.3, 0.4) is 0 Å². The van der Waals surface area contributed by atoms with E-state index in [1.54, 1.807) is 11.3 Å². The molecule has 2 aromatic heterocycles. The third kappa shape index (κ3) is 2.43. The molecule has 3 aromatic rings. The number of nitrogens with zero attached hydrogens (tertiary/aromatic N) is 1. The van der Waals surface area contributed by atoms with Gasteiger partial charge in [-0.15, -0.1) is 11.3 Å². The SMILES string of the molecule is c1csc(COc2ccc(-c3cn[nH]c3)cc2)c1. The number of aromatic nitrogens is 2. The largest absolute Gasteiger partial charge is 0.488 e. The quantitative estimate of drug-likeness (QED) is 0.772. The molecule has 1 N–H and O–H groups in total. The summed E-state index contributed by atoms with van der Waals surface area (Å²) in [6.07, 6.45) is 3.68. The molecule has 0 unspecified atom stereocenters. The monoisotopic (exact) mass is 256 g/mol. The fourth-order valence-electron chi connectivity index (χ4n) is 1.70. The molecule has 0 amide bonds. The van der Waals surface area contributed by atoms with Gasteiger partial charge in [0.25, 0.3) is 0 Å².